The van der Waals surface area contributed by atoms with Gasteiger partial charge in [-0.3, -0.25) is 19.5 Å². The van der Waals surface area contributed by atoms with Gasteiger partial charge in [0.2, 0.25) is 0 Å². The molecule has 0 aliphatic carbocycles. The molecule has 1 amide bonds. The summed E-state index contributed by atoms with van der Waals surface area (Å²) in [5.41, 5.74) is 6.70. The Morgan fingerprint density at radius 1 is 0.943 bits per heavy atom. The van der Waals surface area contributed by atoms with Gasteiger partial charge in [0.1, 0.15) is 17.2 Å². The van der Waals surface area contributed by atoms with E-state index in [1.165, 1.54) is 9.91 Å². The number of hydrogen-bond acceptors (Lipinski definition) is 6. The van der Waals surface area contributed by atoms with Gasteiger partial charge in [0.25, 0.3) is 5.91 Å². The highest BCUT2D eigenvalue weighted by molar-refractivity contribution is 6.03. The summed E-state index contributed by atoms with van der Waals surface area (Å²) in [5.74, 6) is 6.92. The van der Waals surface area contributed by atoms with E-state index in [0.717, 1.165) is 11.1 Å². The number of benzene rings is 3. The number of rotatable bonds is 7. The number of carbonyl (C=O) groups excluding carboxylic acids is 2. The molecule has 8 heteroatoms. The second-order valence-corrected chi connectivity index (χ2v) is 8.36. The van der Waals surface area contributed by atoms with Crippen molar-refractivity contribution in [1.82, 2.24) is 4.90 Å². The zero-order valence-electron chi connectivity index (χ0n) is 19.1. The zero-order valence-corrected chi connectivity index (χ0v) is 19.1. The molecule has 178 valence electrons. The number of carbonyl (C=O) groups is 2. The number of hydrogen-bond donors (Lipinski definition) is 3. The quantitative estimate of drug-likeness (QED) is 0.357. The molecule has 0 radical (unpaired) electrons. The first-order valence-electron chi connectivity index (χ1n) is 11.2. The fraction of sp³-hybridized carbons (Fsp3) is 0.185. The third kappa shape index (κ3) is 4.34. The number of nitrogens with zero attached hydrogens (tertiary/aromatic N) is 2. The van der Waals surface area contributed by atoms with E-state index in [-0.39, 0.29) is 17.8 Å². The predicted octanol–water partition coefficient (Wildman–Crippen LogP) is 2.61. The first kappa shape index (κ1) is 23.9. The van der Waals surface area contributed by atoms with Crippen molar-refractivity contribution in [1.29, 1.82) is 0 Å². The summed E-state index contributed by atoms with van der Waals surface area (Å²) in [6, 6.07) is 23.1. The van der Waals surface area contributed by atoms with Crippen LogP contribution in [0.5, 0.6) is 0 Å². The molecule has 5 N–H and O–H groups in total. The fourth-order valence-electron chi connectivity index (χ4n) is 4.58. The molecule has 0 saturated carbocycles. The highest BCUT2D eigenvalue weighted by Crippen LogP contribution is 2.45. The number of amides is 1. The van der Waals surface area contributed by atoms with E-state index in [2.05, 4.69) is 0 Å². The summed E-state index contributed by atoms with van der Waals surface area (Å²) in [6.07, 6.45) is -0.126. The standard InChI is InChI=1S/C27H26N4O4/c28-17-20-10-12-21(13-11-20)27(16-25(33)34)24(18-32)30(15-14-19-6-2-1-3-7-19)26(35)22-8-4-5-9-23(22)31(27)29/h1-13H,14-17,28-29H2,(H,33,34). The number of fused-ring (bicyclic) bond motifs is 1. The van der Waals surface area contributed by atoms with Crippen molar-refractivity contribution >= 4 is 23.5 Å². The van der Waals surface area contributed by atoms with Crippen molar-refractivity contribution in [3.63, 3.8) is 0 Å². The van der Waals surface area contributed by atoms with Gasteiger partial charge in [0.05, 0.1) is 17.7 Å². The number of nitrogens with two attached hydrogens (primary N) is 2. The molecule has 0 spiro atoms. The largest absolute Gasteiger partial charge is 0.481 e. The van der Waals surface area contributed by atoms with Crippen molar-refractivity contribution in [2.24, 2.45) is 11.6 Å². The van der Waals surface area contributed by atoms with Crippen molar-refractivity contribution in [3.8, 4) is 0 Å². The molecule has 8 nitrogen and oxygen atoms in total. The van der Waals surface area contributed by atoms with Crippen LogP contribution >= 0.6 is 0 Å². The zero-order chi connectivity index (χ0) is 25.0. The second-order valence-electron chi connectivity index (χ2n) is 8.36. The van der Waals surface area contributed by atoms with Crippen LogP contribution in [0.15, 0.2) is 84.6 Å². The molecular weight excluding hydrogens is 444 g/mol. The highest BCUT2D eigenvalue weighted by atomic mass is 16.4. The van der Waals surface area contributed by atoms with Crippen molar-refractivity contribution < 1.29 is 19.5 Å². The molecule has 1 heterocycles. The van der Waals surface area contributed by atoms with Crippen LogP contribution in [0.25, 0.3) is 0 Å². The first-order chi connectivity index (χ1) is 16.9. The minimum atomic E-state index is -1.69. The van der Waals surface area contributed by atoms with Crippen molar-refractivity contribution in [3.05, 3.63) is 107 Å². The molecule has 0 fully saturated rings. The summed E-state index contributed by atoms with van der Waals surface area (Å²) < 4.78 is 0. The van der Waals surface area contributed by atoms with E-state index in [1.807, 2.05) is 36.3 Å². The molecule has 35 heavy (non-hydrogen) atoms. The number of hydrazine groups is 1. The Morgan fingerprint density at radius 2 is 1.60 bits per heavy atom. The molecule has 3 aromatic carbocycles. The van der Waals surface area contributed by atoms with Crippen LogP contribution in [-0.4, -0.2) is 34.4 Å². The summed E-state index contributed by atoms with van der Waals surface area (Å²) in [7, 11) is 0. The van der Waals surface area contributed by atoms with Crippen LogP contribution in [0.4, 0.5) is 5.69 Å². The maximum atomic E-state index is 13.8. The number of para-hydroxylation sites is 1. The van der Waals surface area contributed by atoms with Gasteiger partial charge < -0.3 is 10.8 Å². The lowest BCUT2D eigenvalue weighted by Crippen LogP contribution is -2.56. The minimum absolute atomic E-state index is 0.137. The SMILES string of the molecule is NCc1ccc(C2(CC(=O)O)C(=C=O)N(CCc3ccccc3)C(=O)c3ccccc3N2N)cc1. The topological polar surface area (TPSA) is 130 Å². The molecule has 1 aliphatic rings. The van der Waals surface area contributed by atoms with Gasteiger partial charge in [-0.25, -0.2) is 10.6 Å². The van der Waals surface area contributed by atoms with Crippen molar-refractivity contribution in [2.45, 2.75) is 24.9 Å². The van der Waals surface area contributed by atoms with E-state index >= 15 is 0 Å². The van der Waals surface area contributed by atoms with Gasteiger partial charge in [-0.05, 0) is 35.2 Å². The molecule has 4 rings (SSSR count). The van der Waals surface area contributed by atoms with E-state index in [1.54, 1.807) is 48.5 Å². The Kier molecular flexibility index (Phi) is 6.80. The van der Waals surface area contributed by atoms with Crippen molar-refractivity contribution in [2.75, 3.05) is 11.6 Å². The molecule has 0 saturated heterocycles. The number of carboxylic acids is 1. The molecule has 0 aromatic heterocycles. The Hall–Kier alpha value is -4.23. The molecular formula is C27H26N4O4. The number of anilines is 1. The maximum Gasteiger partial charge on any atom is 0.306 e. The number of aliphatic carboxylic acids is 1. The van der Waals surface area contributed by atoms with Crippen LogP contribution in [0, 0.1) is 0 Å². The van der Waals surface area contributed by atoms with Crippen LogP contribution in [0.1, 0.15) is 33.5 Å². The summed E-state index contributed by atoms with van der Waals surface area (Å²) in [6.45, 7) is 0.428. The molecule has 3 aromatic rings. The van der Waals surface area contributed by atoms with Gasteiger partial charge in [-0.1, -0.05) is 66.7 Å². The summed E-state index contributed by atoms with van der Waals surface area (Å²) >= 11 is 0. The Morgan fingerprint density at radius 3 is 2.23 bits per heavy atom. The van der Waals surface area contributed by atoms with Crippen LogP contribution < -0.4 is 16.6 Å². The van der Waals surface area contributed by atoms with E-state index in [9.17, 15) is 19.5 Å². The third-order valence-corrected chi connectivity index (χ3v) is 6.35. The van der Waals surface area contributed by atoms with Crippen LogP contribution in [0.3, 0.4) is 0 Å². The van der Waals surface area contributed by atoms with Gasteiger partial charge >= 0.3 is 5.97 Å². The Balaban J connectivity index is 1.95. The lowest BCUT2D eigenvalue weighted by molar-refractivity contribution is -0.138. The van der Waals surface area contributed by atoms with E-state index in [0.29, 0.717) is 24.2 Å². The molecule has 1 aliphatic heterocycles. The summed E-state index contributed by atoms with van der Waals surface area (Å²) in [5, 5.41) is 11.2. The first-order valence-corrected chi connectivity index (χ1v) is 11.2. The van der Waals surface area contributed by atoms with Crippen LogP contribution in [-0.2, 0) is 28.1 Å². The molecule has 1 unspecified atom stereocenters. The normalized spacial score (nSPS) is 17.5. The smallest absolute Gasteiger partial charge is 0.306 e. The average molecular weight is 471 g/mol. The van der Waals surface area contributed by atoms with Gasteiger partial charge in [0, 0.05) is 13.1 Å². The summed E-state index contributed by atoms with van der Waals surface area (Å²) in [4.78, 5) is 39.9. The lowest BCUT2D eigenvalue weighted by Gasteiger charge is -2.42. The van der Waals surface area contributed by atoms with Crippen LogP contribution in [0.2, 0.25) is 0 Å². The average Bonchev–Trinajstić information content (AvgIpc) is 2.96. The second kappa shape index (κ2) is 9.95. The predicted molar refractivity (Wildman–Crippen MR) is 132 cm³/mol. The van der Waals surface area contributed by atoms with Gasteiger partial charge in [0.15, 0.2) is 0 Å². The fourth-order valence-corrected chi connectivity index (χ4v) is 4.58. The maximum absolute atomic E-state index is 13.8. The van der Waals surface area contributed by atoms with E-state index in [4.69, 9.17) is 11.6 Å². The van der Waals surface area contributed by atoms with Gasteiger partial charge in [-0.2, -0.15) is 0 Å². The third-order valence-electron chi connectivity index (χ3n) is 6.35. The Bertz CT molecular complexity index is 1290. The number of carboxylic acid groups (broad SMARTS) is 1. The minimum Gasteiger partial charge on any atom is -0.481 e. The highest BCUT2D eigenvalue weighted by Gasteiger charge is 2.51. The monoisotopic (exact) mass is 470 g/mol. The van der Waals surface area contributed by atoms with Gasteiger partial charge in [-0.15, -0.1) is 0 Å². The Labute approximate surface area is 203 Å². The molecule has 1 atom stereocenters. The lowest BCUT2D eigenvalue weighted by atomic mass is 9.81. The molecule has 0 bridgehead atoms. The van der Waals surface area contributed by atoms with E-state index < -0.39 is 23.8 Å².